The first-order chi connectivity index (χ1) is 9.34. The van der Waals surface area contributed by atoms with E-state index in [0.717, 1.165) is 13.1 Å². The van der Waals surface area contributed by atoms with Gasteiger partial charge in [-0.05, 0) is 43.0 Å². The molecular formula is C14H19N5. The molecule has 1 fully saturated rings. The summed E-state index contributed by atoms with van der Waals surface area (Å²) in [5.41, 5.74) is 2.54. The van der Waals surface area contributed by atoms with Gasteiger partial charge in [0.25, 0.3) is 0 Å². The van der Waals surface area contributed by atoms with Crippen LogP contribution in [0, 0.1) is 12.8 Å². The second-order valence-corrected chi connectivity index (χ2v) is 5.22. The van der Waals surface area contributed by atoms with E-state index in [-0.39, 0.29) is 6.04 Å². The van der Waals surface area contributed by atoms with Crippen LogP contribution >= 0.6 is 0 Å². The Morgan fingerprint density at radius 1 is 1.42 bits per heavy atom. The summed E-state index contributed by atoms with van der Waals surface area (Å²) in [4.78, 5) is 1.76. The molecule has 0 spiro atoms. The number of aryl methyl sites for hydroxylation is 1. The zero-order valence-corrected chi connectivity index (χ0v) is 11.2. The van der Waals surface area contributed by atoms with Crippen molar-refractivity contribution in [3.8, 4) is 0 Å². The molecule has 3 rings (SSSR count). The lowest BCUT2D eigenvalue weighted by atomic mass is 9.87. The SMILES string of the molecule is Cc1cccc(C([C@H]2CCCNC2)n2ncnn2)c1. The number of rotatable bonds is 3. The highest BCUT2D eigenvalue weighted by Crippen LogP contribution is 2.30. The maximum atomic E-state index is 4.26. The van der Waals surface area contributed by atoms with Crippen molar-refractivity contribution in [2.24, 2.45) is 5.92 Å². The predicted molar refractivity (Wildman–Crippen MR) is 72.7 cm³/mol. The fourth-order valence-corrected chi connectivity index (χ4v) is 2.90. The lowest BCUT2D eigenvalue weighted by Gasteiger charge is -2.30. The maximum Gasteiger partial charge on any atom is 0.162 e. The molecule has 0 radical (unpaired) electrons. The second-order valence-electron chi connectivity index (χ2n) is 5.22. The average Bonchev–Trinajstić information content (AvgIpc) is 2.94. The van der Waals surface area contributed by atoms with Crippen LogP contribution in [0.5, 0.6) is 0 Å². The molecule has 1 aromatic heterocycles. The van der Waals surface area contributed by atoms with Gasteiger partial charge in [0.1, 0.15) is 6.04 Å². The van der Waals surface area contributed by atoms with Crippen LogP contribution in [0.2, 0.25) is 0 Å². The second kappa shape index (κ2) is 5.48. The summed E-state index contributed by atoms with van der Waals surface area (Å²) in [5, 5.41) is 15.7. The number of hydrogen-bond donors (Lipinski definition) is 1. The van der Waals surface area contributed by atoms with Crippen LogP contribution < -0.4 is 5.32 Å². The fraction of sp³-hybridized carbons (Fsp3) is 0.500. The molecule has 1 aromatic carbocycles. The molecule has 1 N–H and O–H groups in total. The summed E-state index contributed by atoms with van der Waals surface area (Å²) in [6.45, 7) is 4.25. The number of benzene rings is 1. The van der Waals surface area contributed by atoms with E-state index in [0.29, 0.717) is 5.92 Å². The average molecular weight is 257 g/mol. The van der Waals surface area contributed by atoms with Gasteiger partial charge < -0.3 is 5.32 Å². The van der Waals surface area contributed by atoms with E-state index < -0.39 is 0 Å². The lowest BCUT2D eigenvalue weighted by Crippen LogP contribution is -2.36. The zero-order valence-electron chi connectivity index (χ0n) is 11.2. The highest BCUT2D eigenvalue weighted by molar-refractivity contribution is 5.26. The molecule has 5 heteroatoms. The minimum Gasteiger partial charge on any atom is -0.316 e. The summed E-state index contributed by atoms with van der Waals surface area (Å²) >= 11 is 0. The predicted octanol–water partition coefficient (Wildman–Crippen LogP) is 1.57. The quantitative estimate of drug-likeness (QED) is 0.907. The van der Waals surface area contributed by atoms with Gasteiger partial charge in [0.2, 0.25) is 0 Å². The molecule has 2 heterocycles. The van der Waals surface area contributed by atoms with Crippen LogP contribution in [0.3, 0.4) is 0 Å². The van der Waals surface area contributed by atoms with E-state index in [2.05, 4.69) is 51.9 Å². The van der Waals surface area contributed by atoms with Crippen LogP contribution in [-0.4, -0.2) is 33.3 Å². The topological polar surface area (TPSA) is 55.6 Å². The Balaban J connectivity index is 1.96. The van der Waals surface area contributed by atoms with Crippen LogP contribution in [0.15, 0.2) is 30.6 Å². The third kappa shape index (κ3) is 2.66. The van der Waals surface area contributed by atoms with Crippen molar-refractivity contribution in [1.29, 1.82) is 0 Å². The van der Waals surface area contributed by atoms with Crippen molar-refractivity contribution >= 4 is 0 Å². The molecule has 1 aliphatic rings. The first-order valence-corrected chi connectivity index (χ1v) is 6.84. The van der Waals surface area contributed by atoms with Gasteiger partial charge in [-0.2, -0.15) is 4.80 Å². The van der Waals surface area contributed by atoms with Gasteiger partial charge in [-0.3, -0.25) is 0 Å². The summed E-state index contributed by atoms with van der Waals surface area (Å²) in [7, 11) is 0. The Kier molecular flexibility index (Phi) is 3.55. The number of nitrogens with one attached hydrogen (secondary N) is 1. The molecule has 0 saturated carbocycles. The Hall–Kier alpha value is -1.75. The third-order valence-electron chi connectivity index (χ3n) is 3.78. The molecule has 5 nitrogen and oxygen atoms in total. The first kappa shape index (κ1) is 12.3. The standard InChI is InChI=1S/C14H19N5/c1-11-4-2-5-12(8-11)14(19-17-10-16-18-19)13-6-3-7-15-9-13/h2,4-5,8,10,13-15H,3,6-7,9H2,1H3/t13-,14?/m0/s1. The molecule has 19 heavy (non-hydrogen) atoms. The van der Waals surface area contributed by atoms with Crippen molar-refractivity contribution < 1.29 is 0 Å². The summed E-state index contributed by atoms with van der Waals surface area (Å²) in [6.07, 6.45) is 3.92. The Labute approximate surface area is 113 Å². The van der Waals surface area contributed by atoms with Gasteiger partial charge >= 0.3 is 0 Å². The molecule has 100 valence electrons. The number of tetrazole rings is 1. The number of hydrogen-bond acceptors (Lipinski definition) is 4. The summed E-state index contributed by atoms with van der Waals surface area (Å²) < 4.78 is 0. The monoisotopic (exact) mass is 257 g/mol. The molecule has 0 bridgehead atoms. The van der Waals surface area contributed by atoms with Crippen LogP contribution in [0.25, 0.3) is 0 Å². The van der Waals surface area contributed by atoms with E-state index in [4.69, 9.17) is 0 Å². The largest absolute Gasteiger partial charge is 0.316 e. The minimum atomic E-state index is 0.176. The molecule has 0 aliphatic carbocycles. The first-order valence-electron chi connectivity index (χ1n) is 6.84. The Bertz CT molecular complexity index is 516. The van der Waals surface area contributed by atoms with Crippen molar-refractivity contribution in [2.75, 3.05) is 13.1 Å². The van der Waals surface area contributed by atoms with Gasteiger partial charge in [-0.25, -0.2) is 0 Å². The van der Waals surface area contributed by atoms with Crippen LogP contribution in [0.4, 0.5) is 0 Å². The van der Waals surface area contributed by atoms with Crippen LogP contribution in [-0.2, 0) is 0 Å². The Morgan fingerprint density at radius 3 is 3.05 bits per heavy atom. The summed E-state index contributed by atoms with van der Waals surface area (Å²) in [5.74, 6) is 0.518. The highest BCUT2D eigenvalue weighted by atomic mass is 15.6. The minimum absolute atomic E-state index is 0.176. The van der Waals surface area contributed by atoms with E-state index in [1.54, 1.807) is 4.80 Å². The highest BCUT2D eigenvalue weighted by Gasteiger charge is 2.28. The zero-order chi connectivity index (χ0) is 13.1. The van der Waals surface area contributed by atoms with Gasteiger partial charge in [-0.15, -0.1) is 10.2 Å². The van der Waals surface area contributed by atoms with Crippen molar-refractivity contribution in [3.63, 3.8) is 0 Å². The van der Waals surface area contributed by atoms with Crippen LogP contribution in [0.1, 0.15) is 30.0 Å². The van der Waals surface area contributed by atoms with E-state index >= 15 is 0 Å². The number of aromatic nitrogens is 4. The van der Waals surface area contributed by atoms with Gasteiger partial charge in [0, 0.05) is 6.54 Å². The number of nitrogens with zero attached hydrogens (tertiary/aromatic N) is 4. The van der Waals surface area contributed by atoms with Gasteiger partial charge in [0.15, 0.2) is 6.33 Å². The maximum absolute atomic E-state index is 4.26. The smallest absolute Gasteiger partial charge is 0.162 e. The fourth-order valence-electron chi connectivity index (χ4n) is 2.90. The molecular weight excluding hydrogens is 238 g/mol. The molecule has 1 aliphatic heterocycles. The van der Waals surface area contributed by atoms with Crippen molar-refractivity contribution in [3.05, 3.63) is 41.7 Å². The van der Waals surface area contributed by atoms with Gasteiger partial charge in [0.05, 0.1) is 0 Å². The normalized spacial score (nSPS) is 21.2. The number of piperidine rings is 1. The van der Waals surface area contributed by atoms with E-state index in [9.17, 15) is 0 Å². The Morgan fingerprint density at radius 2 is 2.37 bits per heavy atom. The molecule has 1 unspecified atom stereocenters. The van der Waals surface area contributed by atoms with Crippen molar-refractivity contribution in [1.82, 2.24) is 25.5 Å². The summed E-state index contributed by atoms with van der Waals surface area (Å²) in [6, 6.07) is 8.78. The molecule has 2 aromatic rings. The molecule has 0 amide bonds. The lowest BCUT2D eigenvalue weighted by molar-refractivity contribution is 0.261. The van der Waals surface area contributed by atoms with E-state index in [1.165, 1.54) is 30.3 Å². The third-order valence-corrected chi connectivity index (χ3v) is 3.78. The van der Waals surface area contributed by atoms with Crippen molar-refractivity contribution in [2.45, 2.75) is 25.8 Å². The molecule has 2 atom stereocenters. The van der Waals surface area contributed by atoms with E-state index in [1.807, 2.05) is 0 Å². The van der Waals surface area contributed by atoms with Gasteiger partial charge in [-0.1, -0.05) is 29.8 Å². The molecule has 1 saturated heterocycles.